The number of rotatable bonds is 7. The Labute approximate surface area is 104 Å². The molecule has 0 amide bonds. The van der Waals surface area contributed by atoms with E-state index in [4.69, 9.17) is 5.73 Å². The van der Waals surface area contributed by atoms with E-state index in [-0.39, 0.29) is 5.41 Å². The molecule has 0 radical (unpaired) electrons. The number of carbonyl (C=O) groups is 1. The first-order chi connectivity index (χ1) is 8.18. The van der Waals surface area contributed by atoms with Gasteiger partial charge >= 0.3 is 0 Å². The van der Waals surface area contributed by atoms with Crippen molar-refractivity contribution in [3.63, 3.8) is 0 Å². The van der Waals surface area contributed by atoms with Crippen LogP contribution >= 0.6 is 0 Å². The number of carbonyl (C=O) groups excluding carboxylic acids is 1. The quantitative estimate of drug-likeness (QED) is 0.786. The number of aryl methyl sites for hydroxylation is 1. The molecule has 0 spiro atoms. The highest BCUT2D eigenvalue weighted by Crippen LogP contribution is 2.28. The van der Waals surface area contributed by atoms with E-state index in [2.05, 4.69) is 26.0 Å². The molecule has 0 bridgehead atoms. The molecular weight excluding hydrogens is 210 g/mol. The number of Topliss-reactive ketones (excluding diaryl/α,β-unsaturated/α-hetero) is 1. The molecule has 1 aromatic rings. The van der Waals surface area contributed by atoms with Crippen molar-refractivity contribution in [1.29, 1.82) is 0 Å². The van der Waals surface area contributed by atoms with Gasteiger partial charge in [-0.3, -0.25) is 4.79 Å². The third kappa shape index (κ3) is 3.40. The Morgan fingerprint density at radius 3 is 2.24 bits per heavy atom. The second-order valence-corrected chi connectivity index (χ2v) is 4.60. The molecule has 94 valence electrons. The lowest BCUT2D eigenvalue weighted by Crippen LogP contribution is -2.37. The summed E-state index contributed by atoms with van der Waals surface area (Å²) >= 11 is 0. The number of hydrogen-bond donors (Lipinski definition) is 1. The third-order valence-electron chi connectivity index (χ3n) is 3.82. The first-order valence-electron chi connectivity index (χ1n) is 6.46. The van der Waals surface area contributed by atoms with Gasteiger partial charge in [-0.25, -0.2) is 0 Å². The number of ketones is 1. The van der Waals surface area contributed by atoms with Gasteiger partial charge in [0.15, 0.2) is 0 Å². The van der Waals surface area contributed by atoms with Gasteiger partial charge in [-0.05, 0) is 24.8 Å². The van der Waals surface area contributed by atoms with Crippen LogP contribution in [-0.2, 0) is 11.2 Å². The zero-order valence-corrected chi connectivity index (χ0v) is 10.9. The summed E-state index contributed by atoms with van der Waals surface area (Å²) in [6, 6.07) is 10.1. The standard InChI is InChI=1S/C15H23NO/c1-3-15(4-2,12-16)14(17)11-10-13-8-6-5-7-9-13/h5-9H,3-4,10-12,16H2,1-2H3. The van der Waals surface area contributed by atoms with Gasteiger partial charge in [0, 0.05) is 18.4 Å². The van der Waals surface area contributed by atoms with Crippen LogP contribution in [0.25, 0.3) is 0 Å². The predicted molar refractivity (Wildman–Crippen MR) is 71.8 cm³/mol. The molecular formula is C15H23NO. The van der Waals surface area contributed by atoms with Crippen molar-refractivity contribution in [2.45, 2.75) is 39.5 Å². The minimum Gasteiger partial charge on any atom is -0.329 e. The van der Waals surface area contributed by atoms with E-state index in [1.54, 1.807) is 0 Å². The highest BCUT2D eigenvalue weighted by molar-refractivity contribution is 5.85. The summed E-state index contributed by atoms with van der Waals surface area (Å²) < 4.78 is 0. The lowest BCUT2D eigenvalue weighted by atomic mass is 9.76. The molecule has 2 N–H and O–H groups in total. The van der Waals surface area contributed by atoms with E-state index >= 15 is 0 Å². The van der Waals surface area contributed by atoms with Crippen molar-refractivity contribution in [3.8, 4) is 0 Å². The highest BCUT2D eigenvalue weighted by Gasteiger charge is 2.32. The summed E-state index contributed by atoms with van der Waals surface area (Å²) in [5.74, 6) is 0.314. The Morgan fingerprint density at radius 1 is 1.18 bits per heavy atom. The smallest absolute Gasteiger partial charge is 0.140 e. The summed E-state index contributed by atoms with van der Waals surface area (Å²) in [4.78, 5) is 12.3. The van der Waals surface area contributed by atoms with Crippen LogP contribution in [0, 0.1) is 5.41 Å². The van der Waals surface area contributed by atoms with Gasteiger partial charge < -0.3 is 5.73 Å². The summed E-state index contributed by atoms with van der Waals surface area (Å²) in [6.07, 6.45) is 3.10. The van der Waals surface area contributed by atoms with Crippen molar-refractivity contribution in [3.05, 3.63) is 35.9 Å². The van der Waals surface area contributed by atoms with E-state index in [0.29, 0.717) is 18.7 Å². The Bertz CT molecular complexity index is 333. The molecule has 0 aliphatic heterocycles. The molecule has 0 heterocycles. The van der Waals surface area contributed by atoms with Gasteiger partial charge in [-0.15, -0.1) is 0 Å². The molecule has 0 aliphatic carbocycles. The van der Waals surface area contributed by atoms with Gasteiger partial charge in [0.25, 0.3) is 0 Å². The van der Waals surface area contributed by atoms with Crippen molar-refractivity contribution in [2.75, 3.05) is 6.54 Å². The predicted octanol–water partition coefficient (Wildman–Crippen LogP) is 2.95. The van der Waals surface area contributed by atoms with Gasteiger partial charge in [0.2, 0.25) is 0 Å². The molecule has 1 rings (SSSR count). The van der Waals surface area contributed by atoms with Crippen LogP contribution in [0.3, 0.4) is 0 Å². The van der Waals surface area contributed by atoms with Crippen LogP contribution in [0.5, 0.6) is 0 Å². The van der Waals surface area contributed by atoms with Gasteiger partial charge in [0.05, 0.1) is 0 Å². The lowest BCUT2D eigenvalue weighted by Gasteiger charge is -2.28. The van der Waals surface area contributed by atoms with E-state index in [1.807, 2.05) is 18.2 Å². The number of benzene rings is 1. The van der Waals surface area contributed by atoms with Crippen LogP contribution in [0.2, 0.25) is 0 Å². The summed E-state index contributed by atoms with van der Waals surface area (Å²) in [6.45, 7) is 4.57. The molecule has 0 aromatic heterocycles. The summed E-state index contributed by atoms with van der Waals surface area (Å²) in [5.41, 5.74) is 6.70. The SMILES string of the molecule is CCC(CC)(CN)C(=O)CCc1ccccc1. The Balaban J connectivity index is 2.60. The minimum atomic E-state index is -0.297. The normalized spacial score (nSPS) is 11.5. The Morgan fingerprint density at radius 2 is 1.76 bits per heavy atom. The van der Waals surface area contributed by atoms with E-state index in [0.717, 1.165) is 19.3 Å². The molecule has 0 saturated carbocycles. The zero-order valence-electron chi connectivity index (χ0n) is 10.9. The van der Waals surface area contributed by atoms with Crippen molar-refractivity contribution in [2.24, 2.45) is 11.1 Å². The maximum atomic E-state index is 12.3. The average Bonchev–Trinajstić information content (AvgIpc) is 2.40. The number of hydrogen-bond acceptors (Lipinski definition) is 2. The topological polar surface area (TPSA) is 43.1 Å². The van der Waals surface area contributed by atoms with Gasteiger partial charge in [-0.1, -0.05) is 44.2 Å². The lowest BCUT2D eigenvalue weighted by molar-refractivity contribution is -0.128. The molecule has 2 nitrogen and oxygen atoms in total. The van der Waals surface area contributed by atoms with Crippen LogP contribution < -0.4 is 5.73 Å². The van der Waals surface area contributed by atoms with Crippen LogP contribution in [-0.4, -0.2) is 12.3 Å². The molecule has 0 atom stereocenters. The summed E-state index contributed by atoms with van der Waals surface area (Å²) in [7, 11) is 0. The zero-order chi connectivity index (χ0) is 12.7. The maximum Gasteiger partial charge on any atom is 0.140 e. The second-order valence-electron chi connectivity index (χ2n) is 4.60. The Kier molecular flexibility index (Phi) is 5.36. The molecule has 0 saturated heterocycles. The maximum absolute atomic E-state index is 12.3. The molecule has 1 aromatic carbocycles. The molecule has 0 fully saturated rings. The van der Waals surface area contributed by atoms with Gasteiger partial charge in [-0.2, -0.15) is 0 Å². The second kappa shape index (κ2) is 6.55. The number of nitrogens with two attached hydrogens (primary N) is 1. The van der Waals surface area contributed by atoms with Crippen molar-refractivity contribution < 1.29 is 4.79 Å². The van der Waals surface area contributed by atoms with Crippen LogP contribution in [0.4, 0.5) is 0 Å². The van der Waals surface area contributed by atoms with Crippen molar-refractivity contribution in [1.82, 2.24) is 0 Å². The largest absolute Gasteiger partial charge is 0.329 e. The fourth-order valence-corrected chi connectivity index (χ4v) is 2.21. The minimum absolute atomic E-state index is 0.297. The third-order valence-corrected chi connectivity index (χ3v) is 3.82. The fourth-order valence-electron chi connectivity index (χ4n) is 2.21. The first kappa shape index (κ1) is 13.9. The summed E-state index contributed by atoms with van der Waals surface area (Å²) in [5, 5.41) is 0. The van der Waals surface area contributed by atoms with E-state index in [9.17, 15) is 4.79 Å². The Hall–Kier alpha value is -1.15. The van der Waals surface area contributed by atoms with Crippen LogP contribution in [0.15, 0.2) is 30.3 Å². The molecule has 2 heteroatoms. The van der Waals surface area contributed by atoms with Crippen LogP contribution in [0.1, 0.15) is 38.7 Å². The first-order valence-corrected chi connectivity index (χ1v) is 6.46. The molecule has 17 heavy (non-hydrogen) atoms. The highest BCUT2D eigenvalue weighted by atomic mass is 16.1. The monoisotopic (exact) mass is 233 g/mol. The van der Waals surface area contributed by atoms with E-state index < -0.39 is 0 Å². The van der Waals surface area contributed by atoms with E-state index in [1.165, 1.54) is 5.56 Å². The molecule has 0 aliphatic rings. The molecule has 0 unspecified atom stereocenters. The average molecular weight is 233 g/mol. The van der Waals surface area contributed by atoms with Crippen molar-refractivity contribution >= 4 is 5.78 Å². The van der Waals surface area contributed by atoms with Gasteiger partial charge in [0.1, 0.15) is 5.78 Å². The fraction of sp³-hybridized carbons (Fsp3) is 0.533.